The number of rotatable bonds is 8. The summed E-state index contributed by atoms with van der Waals surface area (Å²) in [4.78, 5) is 4.75. The standard InChI is InChI=1S/C37H37ClN2O2/c1-5-41-35-20-26(19-33(38)37(35)42-22-27-16-24(3)15-25(4)17-27)21-39-29-12-10-28(11-13-29)36-31-8-6-7-30(31)32-18-23(2)9-14-34(32)40-36/h6-7,9-21,30-31,36,40H,5,8,22H2,1-4H3/t30-,31-,36-/m0/s1. The largest absolute Gasteiger partial charge is 0.490 e. The molecular formula is C37H37ClN2O2. The first kappa shape index (κ1) is 28.1. The molecule has 1 heterocycles. The van der Waals surface area contributed by atoms with Crippen molar-refractivity contribution < 1.29 is 9.47 Å². The highest BCUT2D eigenvalue weighted by Gasteiger charge is 2.37. The zero-order chi connectivity index (χ0) is 29.2. The van der Waals surface area contributed by atoms with Gasteiger partial charge < -0.3 is 14.8 Å². The van der Waals surface area contributed by atoms with Crippen LogP contribution in [0.15, 0.2) is 89.9 Å². The minimum Gasteiger partial charge on any atom is -0.490 e. The van der Waals surface area contributed by atoms with Gasteiger partial charge in [0.15, 0.2) is 11.5 Å². The van der Waals surface area contributed by atoms with Gasteiger partial charge in [-0.15, -0.1) is 0 Å². The molecule has 0 fully saturated rings. The van der Waals surface area contributed by atoms with E-state index in [9.17, 15) is 0 Å². The van der Waals surface area contributed by atoms with Crippen LogP contribution in [0, 0.1) is 26.7 Å². The lowest BCUT2D eigenvalue weighted by atomic mass is 9.76. The smallest absolute Gasteiger partial charge is 0.180 e. The Morgan fingerprint density at radius 1 is 0.905 bits per heavy atom. The fraction of sp³-hybridized carbons (Fsp3) is 0.270. The summed E-state index contributed by atoms with van der Waals surface area (Å²) in [5, 5.41) is 4.33. The van der Waals surface area contributed by atoms with Crippen molar-refractivity contribution in [1.82, 2.24) is 0 Å². The number of hydrogen-bond acceptors (Lipinski definition) is 4. The van der Waals surface area contributed by atoms with Crippen molar-refractivity contribution in [2.75, 3.05) is 11.9 Å². The molecule has 0 amide bonds. The molecule has 6 rings (SSSR count). The molecule has 4 aromatic rings. The summed E-state index contributed by atoms with van der Waals surface area (Å²) in [7, 11) is 0. The maximum Gasteiger partial charge on any atom is 0.180 e. The normalized spacial score (nSPS) is 18.9. The number of ether oxygens (including phenoxy) is 2. The van der Waals surface area contributed by atoms with Crippen LogP contribution in [0.3, 0.4) is 0 Å². The number of fused-ring (bicyclic) bond motifs is 3. The zero-order valence-electron chi connectivity index (χ0n) is 24.7. The summed E-state index contributed by atoms with van der Waals surface area (Å²) < 4.78 is 12.1. The van der Waals surface area contributed by atoms with Crippen LogP contribution in [-0.4, -0.2) is 12.8 Å². The third-order valence-corrected chi connectivity index (χ3v) is 8.41. The third-order valence-electron chi connectivity index (χ3n) is 8.13. The van der Waals surface area contributed by atoms with E-state index in [4.69, 9.17) is 26.1 Å². The van der Waals surface area contributed by atoms with E-state index in [-0.39, 0.29) is 6.04 Å². The third kappa shape index (κ3) is 5.96. The quantitative estimate of drug-likeness (QED) is 0.168. The number of aliphatic imine (C=N–C) groups is 1. The number of hydrogen-bond donors (Lipinski definition) is 1. The van der Waals surface area contributed by atoms with Gasteiger partial charge in [0.05, 0.1) is 23.4 Å². The topological polar surface area (TPSA) is 42.8 Å². The zero-order valence-corrected chi connectivity index (χ0v) is 25.4. The average molecular weight is 577 g/mol. The Hall–Kier alpha value is -4.02. The maximum atomic E-state index is 6.70. The van der Waals surface area contributed by atoms with E-state index in [0.29, 0.717) is 41.6 Å². The molecule has 3 atom stereocenters. The van der Waals surface area contributed by atoms with E-state index in [1.807, 2.05) is 25.3 Å². The van der Waals surface area contributed by atoms with Crippen molar-refractivity contribution in [3.8, 4) is 11.5 Å². The van der Waals surface area contributed by atoms with Crippen LogP contribution in [0.2, 0.25) is 5.02 Å². The highest BCUT2D eigenvalue weighted by molar-refractivity contribution is 6.32. The molecule has 1 aliphatic heterocycles. The van der Waals surface area contributed by atoms with E-state index in [0.717, 1.165) is 23.2 Å². The molecule has 0 saturated carbocycles. The van der Waals surface area contributed by atoms with Crippen molar-refractivity contribution in [2.24, 2.45) is 10.9 Å². The average Bonchev–Trinajstić information content (AvgIpc) is 3.46. The van der Waals surface area contributed by atoms with Gasteiger partial charge in [0.1, 0.15) is 6.61 Å². The number of nitrogens with one attached hydrogen (secondary N) is 1. The van der Waals surface area contributed by atoms with Crippen LogP contribution < -0.4 is 14.8 Å². The van der Waals surface area contributed by atoms with Crippen LogP contribution in [0.1, 0.15) is 64.2 Å². The van der Waals surface area contributed by atoms with Crippen molar-refractivity contribution in [1.29, 1.82) is 0 Å². The molecule has 1 aliphatic carbocycles. The number of anilines is 1. The number of benzene rings is 4. The molecule has 2 aliphatic rings. The van der Waals surface area contributed by atoms with Gasteiger partial charge in [0.25, 0.3) is 0 Å². The Balaban J connectivity index is 1.18. The molecule has 214 valence electrons. The van der Waals surface area contributed by atoms with E-state index in [1.54, 1.807) is 0 Å². The molecule has 42 heavy (non-hydrogen) atoms. The van der Waals surface area contributed by atoms with Crippen LogP contribution >= 0.6 is 11.6 Å². The second-order valence-electron chi connectivity index (χ2n) is 11.5. The summed E-state index contributed by atoms with van der Waals surface area (Å²) >= 11 is 6.70. The van der Waals surface area contributed by atoms with Crippen molar-refractivity contribution in [3.05, 3.63) is 129 Å². The van der Waals surface area contributed by atoms with Crippen LogP contribution in [0.25, 0.3) is 0 Å². The molecule has 0 saturated heterocycles. The first-order chi connectivity index (χ1) is 20.4. The van der Waals surface area contributed by atoms with Crippen molar-refractivity contribution >= 4 is 29.2 Å². The number of halogens is 1. The van der Waals surface area contributed by atoms with Gasteiger partial charge in [-0.25, -0.2) is 0 Å². The highest BCUT2D eigenvalue weighted by Crippen LogP contribution is 2.50. The summed E-state index contributed by atoms with van der Waals surface area (Å²) in [6.07, 6.45) is 7.63. The minimum atomic E-state index is 0.266. The van der Waals surface area contributed by atoms with Crippen molar-refractivity contribution in [3.63, 3.8) is 0 Å². The Kier molecular flexibility index (Phi) is 8.08. The number of aryl methyl sites for hydroxylation is 3. The van der Waals surface area contributed by atoms with Gasteiger partial charge in [-0.05, 0) is 92.6 Å². The van der Waals surface area contributed by atoms with Crippen molar-refractivity contribution in [2.45, 2.75) is 52.7 Å². The monoisotopic (exact) mass is 576 g/mol. The SMILES string of the molecule is CCOc1cc(C=Nc2ccc([C@@H]3Nc4ccc(C)cc4[C@H]4C=CC[C@@H]43)cc2)cc(Cl)c1OCc1cc(C)cc(C)c1. The predicted molar refractivity (Wildman–Crippen MR) is 174 cm³/mol. The van der Waals surface area contributed by atoms with Gasteiger partial charge in [0, 0.05) is 17.8 Å². The highest BCUT2D eigenvalue weighted by atomic mass is 35.5. The fourth-order valence-corrected chi connectivity index (χ4v) is 6.61. The molecule has 0 bridgehead atoms. The lowest BCUT2D eigenvalue weighted by Crippen LogP contribution is -2.29. The summed E-state index contributed by atoms with van der Waals surface area (Å²) in [6.45, 7) is 9.22. The fourth-order valence-electron chi connectivity index (χ4n) is 6.33. The maximum absolute atomic E-state index is 6.70. The Bertz CT molecular complexity index is 1640. The molecule has 4 aromatic carbocycles. The molecule has 5 heteroatoms. The molecular weight excluding hydrogens is 540 g/mol. The van der Waals surface area contributed by atoms with Gasteiger partial charge in [-0.2, -0.15) is 0 Å². The van der Waals surface area contributed by atoms with Gasteiger partial charge >= 0.3 is 0 Å². The molecule has 0 spiro atoms. The van der Waals surface area contributed by atoms with Crippen LogP contribution in [0.5, 0.6) is 11.5 Å². The molecule has 1 N–H and O–H groups in total. The molecule has 4 nitrogen and oxygen atoms in total. The lowest BCUT2D eigenvalue weighted by Gasteiger charge is -2.37. The predicted octanol–water partition coefficient (Wildman–Crippen LogP) is 9.82. The first-order valence-corrected chi connectivity index (χ1v) is 15.1. The Labute approximate surface area is 254 Å². The lowest BCUT2D eigenvalue weighted by molar-refractivity contribution is 0.269. The van der Waals surface area contributed by atoms with Crippen LogP contribution in [0.4, 0.5) is 11.4 Å². The van der Waals surface area contributed by atoms with E-state index >= 15 is 0 Å². The second kappa shape index (κ2) is 12.1. The molecule has 0 unspecified atom stereocenters. The van der Waals surface area contributed by atoms with E-state index < -0.39 is 0 Å². The first-order valence-electron chi connectivity index (χ1n) is 14.7. The second-order valence-corrected chi connectivity index (χ2v) is 11.9. The summed E-state index contributed by atoms with van der Waals surface area (Å²) in [6, 6.07) is 25.8. The van der Waals surface area contributed by atoms with Gasteiger partial charge in [-0.1, -0.05) is 82.9 Å². The molecule has 0 aromatic heterocycles. The van der Waals surface area contributed by atoms with E-state index in [1.165, 1.54) is 33.5 Å². The van der Waals surface area contributed by atoms with Gasteiger partial charge in [-0.3, -0.25) is 4.99 Å². The number of allylic oxidation sites excluding steroid dienone is 2. The molecule has 0 radical (unpaired) electrons. The van der Waals surface area contributed by atoms with Crippen LogP contribution in [-0.2, 0) is 6.61 Å². The Morgan fingerprint density at radius 3 is 2.45 bits per heavy atom. The van der Waals surface area contributed by atoms with E-state index in [2.05, 4.69) is 98.9 Å². The van der Waals surface area contributed by atoms with Gasteiger partial charge in [0.2, 0.25) is 0 Å². The summed E-state index contributed by atoms with van der Waals surface area (Å²) in [5.74, 6) is 2.14. The summed E-state index contributed by atoms with van der Waals surface area (Å²) in [5.41, 5.74) is 10.5. The minimum absolute atomic E-state index is 0.266. The number of nitrogens with zero attached hydrogens (tertiary/aromatic N) is 1. The Morgan fingerprint density at radius 2 is 1.69 bits per heavy atom.